The van der Waals surface area contributed by atoms with E-state index in [9.17, 15) is 9.59 Å². The van der Waals surface area contributed by atoms with Gasteiger partial charge < -0.3 is 20.3 Å². The van der Waals surface area contributed by atoms with Crippen molar-refractivity contribution in [1.82, 2.24) is 4.90 Å². The van der Waals surface area contributed by atoms with E-state index in [1.54, 1.807) is 56.6 Å². The van der Waals surface area contributed by atoms with Crippen LogP contribution in [-0.4, -0.2) is 44.0 Å². The molecule has 136 valence electrons. The molecule has 0 aliphatic rings. The summed E-state index contributed by atoms with van der Waals surface area (Å²) in [5.41, 5.74) is 2.02. The lowest BCUT2D eigenvalue weighted by molar-refractivity contribution is -0.114. The zero-order chi connectivity index (χ0) is 18.9. The average molecular weight is 353 g/mol. The first-order valence-corrected chi connectivity index (χ1v) is 8.19. The van der Waals surface area contributed by atoms with Crippen LogP contribution in [0.4, 0.5) is 11.4 Å². The molecule has 0 radical (unpaired) electrons. The molecule has 0 bridgehead atoms. The number of carbonyl (C=O) groups is 2. The van der Waals surface area contributed by atoms with Gasteiger partial charge in [-0.2, -0.15) is 0 Å². The third-order valence-corrected chi connectivity index (χ3v) is 3.48. The summed E-state index contributed by atoms with van der Waals surface area (Å²) in [6.07, 6.45) is 1.66. The molecule has 0 fully saturated rings. The number of carbonyl (C=O) groups excluding carboxylic acids is 2. The van der Waals surface area contributed by atoms with Crippen LogP contribution in [0.3, 0.4) is 0 Å². The smallest absolute Gasteiger partial charge is 0.253 e. The van der Waals surface area contributed by atoms with E-state index in [0.717, 1.165) is 5.69 Å². The average Bonchev–Trinajstić information content (AvgIpc) is 2.64. The van der Waals surface area contributed by atoms with Crippen LogP contribution >= 0.6 is 0 Å². The van der Waals surface area contributed by atoms with Crippen molar-refractivity contribution in [3.8, 4) is 5.75 Å². The van der Waals surface area contributed by atoms with E-state index in [-0.39, 0.29) is 18.4 Å². The Balaban J connectivity index is 1.87. The monoisotopic (exact) mass is 353 g/mol. The summed E-state index contributed by atoms with van der Waals surface area (Å²) in [5, 5.41) is 5.83. The molecule has 0 atom stereocenters. The first kappa shape index (κ1) is 19.1. The van der Waals surface area contributed by atoms with Crippen LogP contribution in [-0.2, 0) is 4.79 Å². The highest BCUT2D eigenvalue weighted by Crippen LogP contribution is 2.17. The van der Waals surface area contributed by atoms with Crippen molar-refractivity contribution in [2.45, 2.75) is 0 Å². The summed E-state index contributed by atoms with van der Waals surface area (Å²) < 4.78 is 5.44. The van der Waals surface area contributed by atoms with Gasteiger partial charge in [-0.3, -0.25) is 9.59 Å². The summed E-state index contributed by atoms with van der Waals surface area (Å²) in [6.45, 7) is 4.12. The quantitative estimate of drug-likeness (QED) is 0.716. The van der Waals surface area contributed by atoms with Gasteiger partial charge in [-0.15, -0.1) is 0 Å². The summed E-state index contributed by atoms with van der Waals surface area (Å²) in [7, 11) is 3.41. The number of hydrogen-bond donors (Lipinski definition) is 2. The van der Waals surface area contributed by atoms with Crippen LogP contribution in [0.15, 0.2) is 61.2 Å². The first-order chi connectivity index (χ1) is 12.5. The molecule has 0 saturated heterocycles. The molecule has 0 spiro atoms. The lowest BCUT2D eigenvalue weighted by atomic mass is 10.2. The van der Waals surface area contributed by atoms with E-state index in [2.05, 4.69) is 17.2 Å². The van der Waals surface area contributed by atoms with E-state index in [1.807, 2.05) is 12.1 Å². The molecule has 6 nitrogen and oxygen atoms in total. The number of nitrogens with zero attached hydrogens (tertiary/aromatic N) is 1. The largest absolute Gasteiger partial charge is 0.489 e. The molecule has 0 aromatic heterocycles. The minimum Gasteiger partial charge on any atom is -0.489 e. The molecule has 0 heterocycles. The number of nitrogens with one attached hydrogen (secondary N) is 2. The van der Waals surface area contributed by atoms with Gasteiger partial charge in [0.05, 0.1) is 6.54 Å². The number of hydrogen-bond acceptors (Lipinski definition) is 4. The molecular formula is C20H23N3O3. The van der Waals surface area contributed by atoms with Gasteiger partial charge in [0.25, 0.3) is 5.91 Å². The summed E-state index contributed by atoms with van der Waals surface area (Å²) >= 11 is 0. The number of benzene rings is 2. The van der Waals surface area contributed by atoms with E-state index in [1.165, 1.54) is 4.90 Å². The molecule has 2 aromatic carbocycles. The SMILES string of the molecule is C=CCOc1cccc(NC(=O)CNc2ccc(C(=O)N(C)C)cc2)c1. The molecule has 2 rings (SSSR count). The zero-order valence-corrected chi connectivity index (χ0v) is 15.0. The van der Waals surface area contributed by atoms with Crippen LogP contribution in [0.5, 0.6) is 5.75 Å². The first-order valence-electron chi connectivity index (χ1n) is 8.19. The molecule has 0 aliphatic carbocycles. The van der Waals surface area contributed by atoms with Crippen LogP contribution in [0.25, 0.3) is 0 Å². The van der Waals surface area contributed by atoms with Crippen molar-refractivity contribution in [3.63, 3.8) is 0 Å². The van der Waals surface area contributed by atoms with Crippen LogP contribution in [0, 0.1) is 0 Å². The maximum Gasteiger partial charge on any atom is 0.253 e. The van der Waals surface area contributed by atoms with Gasteiger partial charge in [-0.1, -0.05) is 18.7 Å². The Hall–Kier alpha value is -3.28. The van der Waals surface area contributed by atoms with Crippen molar-refractivity contribution >= 4 is 23.2 Å². The molecular weight excluding hydrogens is 330 g/mol. The van der Waals surface area contributed by atoms with Gasteiger partial charge in [0.15, 0.2) is 0 Å². The van der Waals surface area contributed by atoms with Crippen LogP contribution < -0.4 is 15.4 Å². The Bertz CT molecular complexity index is 770. The predicted octanol–water partition coefficient (Wildman–Crippen LogP) is 3.00. The van der Waals surface area contributed by atoms with E-state index in [0.29, 0.717) is 23.6 Å². The third-order valence-electron chi connectivity index (χ3n) is 3.48. The highest BCUT2D eigenvalue weighted by atomic mass is 16.5. The van der Waals surface area contributed by atoms with Crippen molar-refractivity contribution in [1.29, 1.82) is 0 Å². The minimum atomic E-state index is -0.181. The molecule has 26 heavy (non-hydrogen) atoms. The zero-order valence-electron chi connectivity index (χ0n) is 15.0. The van der Waals surface area contributed by atoms with E-state index in [4.69, 9.17) is 4.74 Å². The molecule has 2 N–H and O–H groups in total. The lowest BCUT2D eigenvalue weighted by Gasteiger charge is -2.12. The normalized spacial score (nSPS) is 9.92. The second kappa shape index (κ2) is 9.27. The Morgan fingerprint density at radius 1 is 1.12 bits per heavy atom. The lowest BCUT2D eigenvalue weighted by Crippen LogP contribution is -2.22. The van der Waals surface area contributed by atoms with Crippen molar-refractivity contribution in [2.24, 2.45) is 0 Å². The summed E-state index contributed by atoms with van der Waals surface area (Å²) in [6, 6.07) is 14.2. The van der Waals surface area contributed by atoms with E-state index < -0.39 is 0 Å². The predicted molar refractivity (Wildman–Crippen MR) is 104 cm³/mol. The highest BCUT2D eigenvalue weighted by Gasteiger charge is 2.08. The standard InChI is InChI=1S/C20H23N3O3/c1-4-12-26-18-7-5-6-17(13-18)22-19(24)14-21-16-10-8-15(9-11-16)20(25)23(2)3/h4-11,13,21H,1,12,14H2,2-3H3,(H,22,24). The summed E-state index contributed by atoms with van der Waals surface area (Å²) in [5.74, 6) is 0.420. The molecule has 2 amide bonds. The van der Waals surface area contributed by atoms with Crippen LogP contribution in [0.2, 0.25) is 0 Å². The van der Waals surface area contributed by atoms with Gasteiger partial charge in [0, 0.05) is 37.1 Å². The van der Waals surface area contributed by atoms with Gasteiger partial charge >= 0.3 is 0 Å². The molecule has 6 heteroatoms. The van der Waals surface area contributed by atoms with Gasteiger partial charge in [0.1, 0.15) is 12.4 Å². The maximum absolute atomic E-state index is 12.1. The Morgan fingerprint density at radius 2 is 1.85 bits per heavy atom. The minimum absolute atomic E-state index is 0.0622. The summed E-state index contributed by atoms with van der Waals surface area (Å²) in [4.78, 5) is 25.4. The van der Waals surface area contributed by atoms with Gasteiger partial charge in [0.2, 0.25) is 5.91 Å². The Labute approximate surface area is 153 Å². The fraction of sp³-hybridized carbons (Fsp3) is 0.200. The van der Waals surface area contributed by atoms with Gasteiger partial charge in [-0.25, -0.2) is 0 Å². The fourth-order valence-electron chi connectivity index (χ4n) is 2.20. The number of amides is 2. The van der Waals surface area contributed by atoms with Crippen molar-refractivity contribution in [2.75, 3.05) is 37.9 Å². The highest BCUT2D eigenvalue weighted by molar-refractivity contribution is 5.95. The second-order valence-electron chi connectivity index (χ2n) is 5.81. The van der Waals surface area contributed by atoms with Gasteiger partial charge in [-0.05, 0) is 36.4 Å². The third kappa shape index (κ3) is 5.66. The molecule has 2 aromatic rings. The molecule has 0 aliphatic heterocycles. The second-order valence-corrected chi connectivity index (χ2v) is 5.81. The number of anilines is 2. The molecule has 0 saturated carbocycles. The number of rotatable bonds is 8. The maximum atomic E-state index is 12.1. The number of ether oxygens (including phenoxy) is 1. The molecule has 0 unspecified atom stereocenters. The van der Waals surface area contributed by atoms with Crippen molar-refractivity contribution in [3.05, 3.63) is 66.7 Å². The Morgan fingerprint density at radius 3 is 2.50 bits per heavy atom. The fourth-order valence-corrected chi connectivity index (χ4v) is 2.20. The van der Waals surface area contributed by atoms with Crippen LogP contribution in [0.1, 0.15) is 10.4 Å². The van der Waals surface area contributed by atoms with E-state index >= 15 is 0 Å². The van der Waals surface area contributed by atoms with Crippen molar-refractivity contribution < 1.29 is 14.3 Å². The Kier molecular flexibility index (Phi) is 6.79. The topological polar surface area (TPSA) is 70.7 Å².